The van der Waals surface area contributed by atoms with Crippen LogP contribution in [0.2, 0.25) is 0 Å². The molecule has 0 spiro atoms. The summed E-state index contributed by atoms with van der Waals surface area (Å²) in [6.07, 6.45) is 6.89. The molecule has 1 aliphatic heterocycles. The van der Waals surface area contributed by atoms with E-state index in [4.69, 9.17) is 4.74 Å². The number of carbonyl (C=O) groups excluding carboxylic acids is 1. The molecule has 1 N–H and O–H groups in total. The Bertz CT molecular complexity index is 177. The summed E-state index contributed by atoms with van der Waals surface area (Å²) in [7, 11) is 0. The fraction of sp³-hybridized carbons (Fsp3) is 0.900. The summed E-state index contributed by atoms with van der Waals surface area (Å²) in [5.41, 5.74) is 0. The lowest BCUT2D eigenvalue weighted by Gasteiger charge is -2.25. The van der Waals surface area contributed by atoms with Crippen LogP contribution in [0.1, 0.15) is 32.1 Å². The highest BCUT2D eigenvalue weighted by Crippen LogP contribution is 2.29. The molecule has 2 fully saturated rings. The van der Waals surface area contributed by atoms with Gasteiger partial charge in [0.2, 0.25) is 5.91 Å². The smallest absolute Gasteiger partial charge is 0.246 e. The first-order chi connectivity index (χ1) is 6.34. The van der Waals surface area contributed by atoms with Gasteiger partial charge in [-0.3, -0.25) is 4.79 Å². The molecule has 2 rings (SSSR count). The molecule has 3 nitrogen and oxygen atoms in total. The Balaban J connectivity index is 1.72. The number of morpholine rings is 1. The molecule has 1 saturated carbocycles. The van der Waals surface area contributed by atoms with Gasteiger partial charge in [-0.1, -0.05) is 25.7 Å². The molecule has 1 amide bonds. The molecule has 0 radical (unpaired) electrons. The maximum absolute atomic E-state index is 10.8. The molecule has 1 heterocycles. The average molecular weight is 183 g/mol. The maximum atomic E-state index is 10.8. The molecular weight excluding hydrogens is 166 g/mol. The van der Waals surface area contributed by atoms with Crippen LogP contribution in [0.3, 0.4) is 0 Å². The van der Waals surface area contributed by atoms with E-state index >= 15 is 0 Å². The third kappa shape index (κ3) is 2.44. The second-order valence-corrected chi connectivity index (χ2v) is 4.12. The Labute approximate surface area is 78.8 Å². The normalized spacial score (nSPS) is 30.5. The fourth-order valence-corrected chi connectivity index (χ4v) is 2.30. The van der Waals surface area contributed by atoms with Gasteiger partial charge < -0.3 is 10.1 Å². The number of rotatable bonds is 2. The lowest BCUT2D eigenvalue weighted by Crippen LogP contribution is -2.43. The van der Waals surface area contributed by atoms with Crippen LogP contribution in [0.25, 0.3) is 0 Å². The molecule has 13 heavy (non-hydrogen) atoms. The van der Waals surface area contributed by atoms with E-state index in [0.29, 0.717) is 0 Å². The van der Waals surface area contributed by atoms with Crippen molar-refractivity contribution < 1.29 is 9.53 Å². The molecule has 1 unspecified atom stereocenters. The van der Waals surface area contributed by atoms with Crippen molar-refractivity contribution >= 4 is 5.91 Å². The van der Waals surface area contributed by atoms with E-state index in [-0.39, 0.29) is 18.6 Å². The quantitative estimate of drug-likeness (QED) is 0.695. The lowest BCUT2D eigenvalue weighted by molar-refractivity contribution is -0.133. The summed E-state index contributed by atoms with van der Waals surface area (Å²) in [6, 6.07) is 0. The average Bonchev–Trinajstić information content (AvgIpc) is 2.62. The van der Waals surface area contributed by atoms with Crippen molar-refractivity contribution in [1.29, 1.82) is 0 Å². The summed E-state index contributed by atoms with van der Waals surface area (Å²) in [6.45, 7) is 0.979. The largest absolute Gasteiger partial charge is 0.367 e. The number of amides is 1. The molecular formula is C10H17NO2. The Kier molecular flexibility index (Phi) is 2.83. The van der Waals surface area contributed by atoms with Crippen molar-refractivity contribution in [2.45, 2.75) is 38.2 Å². The van der Waals surface area contributed by atoms with Gasteiger partial charge >= 0.3 is 0 Å². The first-order valence-electron chi connectivity index (χ1n) is 5.23. The van der Waals surface area contributed by atoms with E-state index in [2.05, 4.69) is 5.32 Å². The second kappa shape index (κ2) is 4.09. The Morgan fingerprint density at radius 3 is 2.77 bits per heavy atom. The van der Waals surface area contributed by atoms with Gasteiger partial charge in [-0.25, -0.2) is 0 Å². The Morgan fingerprint density at radius 2 is 2.15 bits per heavy atom. The number of ether oxygens (including phenoxy) is 1. The standard InChI is InChI=1S/C10H17NO2/c12-10-7-13-9(6-11-10)5-8-3-1-2-4-8/h8-9H,1-7H2,(H,11,12). The molecule has 3 heteroatoms. The van der Waals surface area contributed by atoms with Crippen molar-refractivity contribution in [3.63, 3.8) is 0 Å². The number of hydrogen-bond acceptors (Lipinski definition) is 2. The van der Waals surface area contributed by atoms with E-state index in [1.165, 1.54) is 25.7 Å². The predicted octanol–water partition coefficient (Wildman–Crippen LogP) is 1.08. The maximum Gasteiger partial charge on any atom is 0.246 e. The molecule has 74 valence electrons. The van der Waals surface area contributed by atoms with Crippen molar-refractivity contribution in [3.8, 4) is 0 Å². The highest BCUT2D eigenvalue weighted by molar-refractivity contribution is 5.77. The van der Waals surface area contributed by atoms with Gasteiger partial charge in [0.05, 0.1) is 6.10 Å². The minimum absolute atomic E-state index is 0.0303. The SMILES string of the molecule is O=C1COC(CC2CCCC2)CN1. The van der Waals surface area contributed by atoms with Gasteiger partial charge in [-0.15, -0.1) is 0 Å². The summed E-state index contributed by atoms with van der Waals surface area (Å²) in [5, 5.41) is 2.84. The molecule has 0 aromatic heterocycles. The molecule has 2 aliphatic rings. The zero-order valence-corrected chi connectivity index (χ0v) is 7.92. The first-order valence-corrected chi connectivity index (χ1v) is 5.23. The van der Waals surface area contributed by atoms with Crippen LogP contribution in [0.15, 0.2) is 0 Å². The van der Waals surface area contributed by atoms with E-state index in [1.807, 2.05) is 0 Å². The number of hydrogen-bond donors (Lipinski definition) is 1. The van der Waals surface area contributed by atoms with Crippen LogP contribution in [0.4, 0.5) is 0 Å². The summed E-state index contributed by atoms with van der Waals surface area (Å²) in [5.74, 6) is 0.877. The predicted molar refractivity (Wildman–Crippen MR) is 49.3 cm³/mol. The number of nitrogens with one attached hydrogen (secondary N) is 1. The van der Waals surface area contributed by atoms with Gasteiger partial charge in [-0.2, -0.15) is 0 Å². The van der Waals surface area contributed by atoms with Gasteiger partial charge in [0, 0.05) is 6.54 Å². The van der Waals surface area contributed by atoms with Crippen LogP contribution in [0.5, 0.6) is 0 Å². The summed E-state index contributed by atoms with van der Waals surface area (Å²) < 4.78 is 5.44. The van der Waals surface area contributed by atoms with Crippen LogP contribution < -0.4 is 5.32 Å². The zero-order chi connectivity index (χ0) is 9.10. The highest BCUT2D eigenvalue weighted by Gasteiger charge is 2.24. The first kappa shape index (κ1) is 9.00. The highest BCUT2D eigenvalue weighted by atomic mass is 16.5. The fourth-order valence-electron chi connectivity index (χ4n) is 2.30. The van der Waals surface area contributed by atoms with Gasteiger partial charge in [-0.05, 0) is 12.3 Å². The van der Waals surface area contributed by atoms with E-state index in [9.17, 15) is 4.79 Å². The van der Waals surface area contributed by atoms with E-state index in [1.54, 1.807) is 0 Å². The van der Waals surface area contributed by atoms with E-state index in [0.717, 1.165) is 18.9 Å². The monoisotopic (exact) mass is 183 g/mol. The summed E-state index contributed by atoms with van der Waals surface area (Å²) in [4.78, 5) is 10.8. The molecule has 0 aromatic rings. The van der Waals surface area contributed by atoms with Crippen molar-refractivity contribution in [1.82, 2.24) is 5.32 Å². The second-order valence-electron chi connectivity index (χ2n) is 4.12. The minimum Gasteiger partial charge on any atom is -0.367 e. The topological polar surface area (TPSA) is 38.3 Å². The Hall–Kier alpha value is -0.570. The van der Waals surface area contributed by atoms with Gasteiger partial charge in [0.25, 0.3) is 0 Å². The lowest BCUT2D eigenvalue weighted by atomic mass is 9.99. The van der Waals surface area contributed by atoms with Crippen molar-refractivity contribution in [3.05, 3.63) is 0 Å². The van der Waals surface area contributed by atoms with Crippen LogP contribution in [0, 0.1) is 5.92 Å². The van der Waals surface area contributed by atoms with Gasteiger partial charge in [0.1, 0.15) is 6.61 Å². The third-order valence-corrected chi connectivity index (χ3v) is 3.05. The van der Waals surface area contributed by atoms with Crippen LogP contribution >= 0.6 is 0 Å². The van der Waals surface area contributed by atoms with Crippen LogP contribution in [-0.4, -0.2) is 25.2 Å². The number of carbonyl (C=O) groups is 1. The van der Waals surface area contributed by atoms with Crippen molar-refractivity contribution in [2.75, 3.05) is 13.2 Å². The molecule has 1 atom stereocenters. The molecule has 0 bridgehead atoms. The van der Waals surface area contributed by atoms with Crippen LogP contribution in [-0.2, 0) is 9.53 Å². The Morgan fingerprint density at radius 1 is 1.38 bits per heavy atom. The summed E-state index contributed by atoms with van der Waals surface area (Å²) >= 11 is 0. The molecule has 1 aliphatic carbocycles. The zero-order valence-electron chi connectivity index (χ0n) is 7.92. The molecule has 1 saturated heterocycles. The van der Waals surface area contributed by atoms with Gasteiger partial charge in [0.15, 0.2) is 0 Å². The molecule has 0 aromatic carbocycles. The van der Waals surface area contributed by atoms with E-state index < -0.39 is 0 Å². The van der Waals surface area contributed by atoms with Crippen molar-refractivity contribution in [2.24, 2.45) is 5.92 Å². The third-order valence-electron chi connectivity index (χ3n) is 3.05. The minimum atomic E-state index is 0.0303.